The zero-order chi connectivity index (χ0) is 23.2. The highest BCUT2D eigenvalue weighted by Crippen LogP contribution is 2.41. The number of fused-ring (bicyclic) bond motifs is 2. The van der Waals surface area contributed by atoms with Gasteiger partial charge in [-0.3, -0.25) is 4.79 Å². The molecule has 2 heterocycles. The molecule has 1 aliphatic carbocycles. The van der Waals surface area contributed by atoms with Crippen molar-refractivity contribution in [2.45, 2.75) is 58.2 Å². The van der Waals surface area contributed by atoms with E-state index in [9.17, 15) is 9.90 Å². The van der Waals surface area contributed by atoms with Gasteiger partial charge in [0.1, 0.15) is 5.66 Å². The van der Waals surface area contributed by atoms with E-state index in [0.717, 1.165) is 49.4 Å². The van der Waals surface area contributed by atoms with Gasteiger partial charge in [-0.05, 0) is 86.5 Å². The van der Waals surface area contributed by atoms with Crippen LogP contribution in [0.2, 0.25) is 0 Å². The molecule has 4 N–H and O–H groups in total. The third kappa shape index (κ3) is 4.46. The van der Waals surface area contributed by atoms with E-state index in [-0.39, 0.29) is 23.6 Å². The molecule has 6 nitrogen and oxygen atoms in total. The average molecular weight is 449 g/mol. The zero-order valence-corrected chi connectivity index (χ0v) is 19.9. The normalized spacial score (nSPS) is 28.5. The molecule has 0 radical (unpaired) electrons. The third-order valence-electron chi connectivity index (χ3n) is 7.72. The number of nitrogens with zero attached hydrogens (tertiary/aromatic N) is 1. The lowest BCUT2D eigenvalue weighted by Crippen LogP contribution is -2.57. The predicted octanol–water partition coefficient (Wildman–Crippen LogP) is 3.99. The van der Waals surface area contributed by atoms with Gasteiger partial charge in [0, 0.05) is 31.1 Å². The molecular weight excluding hydrogens is 412 g/mol. The minimum atomic E-state index is -0.376. The lowest BCUT2D eigenvalue weighted by atomic mass is 9.83. The van der Waals surface area contributed by atoms with Gasteiger partial charge in [-0.1, -0.05) is 19.1 Å². The lowest BCUT2D eigenvalue weighted by Gasteiger charge is -2.44. The number of likely N-dealkylation sites (tertiary alicyclic amines) is 1. The second-order valence-electron chi connectivity index (χ2n) is 10.4. The van der Waals surface area contributed by atoms with Gasteiger partial charge in [-0.2, -0.15) is 0 Å². The quantitative estimate of drug-likeness (QED) is 0.556. The second-order valence-corrected chi connectivity index (χ2v) is 10.4. The maximum absolute atomic E-state index is 11.7. The van der Waals surface area contributed by atoms with Crippen LogP contribution in [0.25, 0.3) is 0 Å². The number of amides is 1. The molecule has 0 spiro atoms. The van der Waals surface area contributed by atoms with E-state index in [4.69, 9.17) is 0 Å². The van der Waals surface area contributed by atoms with Crippen molar-refractivity contribution in [2.24, 2.45) is 11.8 Å². The van der Waals surface area contributed by atoms with Crippen molar-refractivity contribution in [2.75, 3.05) is 35.6 Å². The van der Waals surface area contributed by atoms with Crippen LogP contribution in [-0.2, 0) is 17.6 Å². The number of β-amino-alcohol motifs (C(OH)–C–C–N with tert-alkyl or cyclic N) is 1. The number of aryl methyl sites for hydroxylation is 1. The number of hydrogen-bond donors (Lipinski definition) is 4. The minimum absolute atomic E-state index is 0.0551. The van der Waals surface area contributed by atoms with Crippen molar-refractivity contribution in [3.8, 4) is 0 Å². The molecule has 6 heteroatoms. The highest BCUT2D eigenvalue weighted by molar-refractivity contribution is 5.90. The monoisotopic (exact) mass is 448 g/mol. The maximum Gasteiger partial charge on any atom is 0.224 e. The largest absolute Gasteiger partial charge is 0.391 e. The van der Waals surface area contributed by atoms with Crippen molar-refractivity contribution < 1.29 is 9.90 Å². The van der Waals surface area contributed by atoms with Crippen LogP contribution in [0.4, 0.5) is 17.1 Å². The second kappa shape index (κ2) is 8.65. The fourth-order valence-corrected chi connectivity index (χ4v) is 6.01. The van der Waals surface area contributed by atoms with Crippen LogP contribution in [0, 0.1) is 18.8 Å². The van der Waals surface area contributed by atoms with Gasteiger partial charge in [0.15, 0.2) is 0 Å². The fraction of sp³-hybridized carbons (Fsp3) is 0.519. The SMILES string of the molecule is CCC(=O)Nc1ccc2c(c1)C[C@@H](CN1CC[C@H](C3(C)Nc4ccc(C)cc4N3)[C@@H](O)C1)C2. The molecule has 1 fully saturated rings. The molecule has 4 atom stereocenters. The number of hydrogen-bond acceptors (Lipinski definition) is 5. The predicted molar refractivity (Wildman–Crippen MR) is 134 cm³/mol. The van der Waals surface area contributed by atoms with Crippen LogP contribution >= 0.6 is 0 Å². The van der Waals surface area contributed by atoms with E-state index in [1.54, 1.807) is 0 Å². The molecule has 1 unspecified atom stereocenters. The molecule has 2 aromatic rings. The Labute approximate surface area is 196 Å². The van der Waals surface area contributed by atoms with E-state index in [1.807, 2.05) is 13.0 Å². The van der Waals surface area contributed by atoms with Crippen LogP contribution in [0.5, 0.6) is 0 Å². The molecule has 1 amide bonds. The molecule has 33 heavy (non-hydrogen) atoms. The molecule has 0 aromatic heterocycles. The Morgan fingerprint density at radius 2 is 1.94 bits per heavy atom. The van der Waals surface area contributed by atoms with Crippen molar-refractivity contribution in [3.05, 3.63) is 53.1 Å². The lowest BCUT2D eigenvalue weighted by molar-refractivity contribution is -0.115. The van der Waals surface area contributed by atoms with E-state index < -0.39 is 0 Å². The van der Waals surface area contributed by atoms with E-state index in [1.165, 1.54) is 16.7 Å². The van der Waals surface area contributed by atoms with Crippen molar-refractivity contribution in [3.63, 3.8) is 0 Å². The summed E-state index contributed by atoms with van der Waals surface area (Å²) in [5.74, 6) is 0.762. The Morgan fingerprint density at radius 1 is 1.15 bits per heavy atom. The minimum Gasteiger partial charge on any atom is -0.391 e. The number of carbonyl (C=O) groups excluding carboxylic acids is 1. The smallest absolute Gasteiger partial charge is 0.224 e. The number of aliphatic hydroxyl groups is 1. The van der Waals surface area contributed by atoms with Crippen LogP contribution in [-0.4, -0.2) is 47.3 Å². The standard InChI is InChI=1S/C27H36N4O2/c1-4-26(33)28-21-7-6-19-12-18(13-20(19)14-21)15-31-10-9-22(25(32)16-31)27(3)29-23-8-5-17(2)11-24(23)30-27/h5-8,11,14,18,22,25,29-30,32H,4,9-10,12-13,15-16H2,1-3H3,(H,28,33)/t18-,22-,25-,27?/m0/s1. The van der Waals surface area contributed by atoms with Crippen molar-refractivity contribution >= 4 is 23.0 Å². The van der Waals surface area contributed by atoms with Gasteiger partial charge < -0.3 is 26.0 Å². The molecule has 2 aromatic carbocycles. The Morgan fingerprint density at radius 3 is 2.73 bits per heavy atom. The topological polar surface area (TPSA) is 76.6 Å². The van der Waals surface area contributed by atoms with Crippen LogP contribution in [0.3, 0.4) is 0 Å². The highest BCUT2D eigenvalue weighted by atomic mass is 16.3. The summed E-state index contributed by atoms with van der Waals surface area (Å²) in [4.78, 5) is 14.1. The van der Waals surface area contributed by atoms with Gasteiger partial charge in [0.25, 0.3) is 0 Å². The van der Waals surface area contributed by atoms with Gasteiger partial charge in [-0.15, -0.1) is 0 Å². The first-order chi connectivity index (χ1) is 15.8. The summed E-state index contributed by atoms with van der Waals surface area (Å²) in [6, 6.07) is 12.7. The Bertz CT molecular complexity index is 1050. The van der Waals surface area contributed by atoms with Crippen LogP contribution in [0.1, 0.15) is 43.4 Å². The summed E-state index contributed by atoms with van der Waals surface area (Å²) in [5, 5.41) is 21.4. The number of rotatable bonds is 5. The van der Waals surface area contributed by atoms with Gasteiger partial charge in [-0.25, -0.2) is 0 Å². The Kier molecular flexibility index (Phi) is 5.83. The van der Waals surface area contributed by atoms with Crippen molar-refractivity contribution in [1.82, 2.24) is 4.90 Å². The summed E-state index contributed by atoms with van der Waals surface area (Å²) in [7, 11) is 0. The number of piperidine rings is 1. The molecule has 176 valence electrons. The van der Waals surface area contributed by atoms with Gasteiger partial charge in [0.2, 0.25) is 5.91 Å². The first kappa shape index (κ1) is 22.2. The van der Waals surface area contributed by atoms with Crippen LogP contribution in [0.15, 0.2) is 36.4 Å². The van der Waals surface area contributed by atoms with E-state index >= 15 is 0 Å². The number of anilines is 3. The number of benzene rings is 2. The Hall–Kier alpha value is -2.57. The molecule has 0 saturated carbocycles. The first-order valence-corrected chi connectivity index (χ1v) is 12.3. The van der Waals surface area contributed by atoms with E-state index in [2.05, 4.69) is 65.0 Å². The molecular formula is C27H36N4O2. The number of nitrogens with one attached hydrogen (secondary N) is 3. The summed E-state index contributed by atoms with van der Waals surface area (Å²) in [6.45, 7) is 8.87. The molecule has 0 bridgehead atoms. The molecule has 2 aliphatic heterocycles. The molecule has 3 aliphatic rings. The summed E-state index contributed by atoms with van der Waals surface area (Å²) >= 11 is 0. The average Bonchev–Trinajstić information content (AvgIpc) is 3.32. The van der Waals surface area contributed by atoms with Crippen molar-refractivity contribution in [1.29, 1.82) is 0 Å². The number of aliphatic hydroxyl groups excluding tert-OH is 1. The fourth-order valence-electron chi connectivity index (χ4n) is 6.01. The number of carbonyl (C=O) groups is 1. The third-order valence-corrected chi connectivity index (χ3v) is 7.72. The highest BCUT2D eigenvalue weighted by Gasteiger charge is 2.45. The summed E-state index contributed by atoms with van der Waals surface area (Å²) in [5.41, 5.74) is 6.80. The molecule has 1 saturated heterocycles. The summed E-state index contributed by atoms with van der Waals surface area (Å²) < 4.78 is 0. The molecule has 5 rings (SSSR count). The van der Waals surface area contributed by atoms with E-state index in [0.29, 0.717) is 18.9 Å². The summed E-state index contributed by atoms with van der Waals surface area (Å²) in [6.07, 6.45) is 3.18. The maximum atomic E-state index is 11.7. The van der Waals surface area contributed by atoms with Gasteiger partial charge in [0.05, 0.1) is 17.5 Å². The Balaban J connectivity index is 1.17. The first-order valence-electron chi connectivity index (χ1n) is 12.3. The van der Waals surface area contributed by atoms with Crippen LogP contribution < -0.4 is 16.0 Å². The zero-order valence-electron chi connectivity index (χ0n) is 19.9. The van der Waals surface area contributed by atoms with Gasteiger partial charge >= 0.3 is 0 Å².